The fraction of sp³-hybridized carbons (Fsp3) is 0.583. The molecule has 0 saturated heterocycles. The summed E-state index contributed by atoms with van der Waals surface area (Å²) in [6.07, 6.45) is 1.09. The van der Waals surface area contributed by atoms with Crippen LogP contribution >= 0.6 is 0 Å². The number of hydrogen-bond acceptors (Lipinski definition) is 2. The highest BCUT2D eigenvalue weighted by atomic mass is 15.1. The molecule has 2 N–H and O–H groups in total. The molecule has 1 aromatic rings. The van der Waals surface area contributed by atoms with E-state index in [0.717, 1.165) is 24.2 Å². The Balaban J connectivity index is 3.04. The van der Waals surface area contributed by atoms with Crippen LogP contribution in [0.4, 0.5) is 5.82 Å². The van der Waals surface area contributed by atoms with Crippen LogP contribution in [0, 0.1) is 31.1 Å². The summed E-state index contributed by atoms with van der Waals surface area (Å²) in [6, 6.07) is 2.17. The lowest BCUT2D eigenvalue weighted by Crippen LogP contribution is -2.07. The van der Waals surface area contributed by atoms with Gasteiger partial charge in [0.15, 0.2) is 0 Å². The Kier molecular flexibility index (Phi) is 3.41. The summed E-state index contributed by atoms with van der Waals surface area (Å²) in [5, 5.41) is 8.97. The van der Waals surface area contributed by atoms with Gasteiger partial charge < -0.3 is 10.3 Å². The van der Waals surface area contributed by atoms with Crippen LogP contribution < -0.4 is 5.73 Å². The van der Waals surface area contributed by atoms with Gasteiger partial charge in [0.25, 0.3) is 0 Å². The molecule has 82 valence electrons. The molecule has 0 saturated carbocycles. The van der Waals surface area contributed by atoms with Crippen LogP contribution in [0.25, 0.3) is 0 Å². The van der Waals surface area contributed by atoms with Crippen LogP contribution in [-0.2, 0) is 6.54 Å². The predicted molar refractivity (Wildman–Crippen MR) is 62.5 cm³/mol. The molecule has 1 heterocycles. The molecule has 1 rings (SSSR count). The zero-order chi connectivity index (χ0) is 11.6. The third-order valence-corrected chi connectivity index (χ3v) is 2.91. The van der Waals surface area contributed by atoms with E-state index in [1.807, 2.05) is 18.4 Å². The Hall–Kier alpha value is -1.43. The van der Waals surface area contributed by atoms with E-state index in [1.165, 1.54) is 0 Å². The average molecular weight is 205 g/mol. The molecule has 15 heavy (non-hydrogen) atoms. The molecule has 0 fully saturated rings. The number of anilines is 1. The second-order valence-corrected chi connectivity index (χ2v) is 4.42. The first-order valence-corrected chi connectivity index (χ1v) is 5.34. The van der Waals surface area contributed by atoms with E-state index >= 15 is 0 Å². The summed E-state index contributed by atoms with van der Waals surface area (Å²) in [5.74, 6) is 1.27. The summed E-state index contributed by atoms with van der Waals surface area (Å²) in [5.41, 5.74) is 8.71. The summed E-state index contributed by atoms with van der Waals surface area (Å²) in [7, 11) is 0. The Morgan fingerprint density at radius 1 is 1.40 bits per heavy atom. The second kappa shape index (κ2) is 4.39. The van der Waals surface area contributed by atoms with Gasteiger partial charge in [0.2, 0.25) is 0 Å². The van der Waals surface area contributed by atoms with E-state index in [1.54, 1.807) is 0 Å². The number of rotatable bonds is 3. The maximum atomic E-state index is 8.97. The number of nitrogen functional groups attached to an aromatic ring is 1. The molecule has 0 aliphatic heterocycles. The third kappa shape index (κ3) is 2.15. The van der Waals surface area contributed by atoms with E-state index in [0.29, 0.717) is 17.3 Å². The van der Waals surface area contributed by atoms with Crippen molar-refractivity contribution in [2.45, 2.75) is 40.7 Å². The van der Waals surface area contributed by atoms with E-state index in [2.05, 4.69) is 19.9 Å². The van der Waals surface area contributed by atoms with E-state index in [9.17, 15) is 0 Å². The highest BCUT2D eigenvalue weighted by Gasteiger charge is 2.14. The third-order valence-electron chi connectivity index (χ3n) is 2.91. The SMILES string of the molecule is Cc1c(C#N)c(N)n(CCC(C)C)c1C. The number of nitrogens with zero attached hydrogens (tertiary/aromatic N) is 2. The Bertz CT molecular complexity index is 394. The smallest absolute Gasteiger partial charge is 0.122 e. The second-order valence-electron chi connectivity index (χ2n) is 4.42. The van der Waals surface area contributed by atoms with Crippen molar-refractivity contribution in [3.05, 3.63) is 16.8 Å². The summed E-state index contributed by atoms with van der Waals surface area (Å²) in [6.45, 7) is 9.25. The lowest BCUT2D eigenvalue weighted by molar-refractivity contribution is 0.515. The lowest BCUT2D eigenvalue weighted by atomic mass is 10.1. The maximum Gasteiger partial charge on any atom is 0.122 e. The molecule has 0 aliphatic rings. The largest absolute Gasteiger partial charge is 0.384 e. The summed E-state index contributed by atoms with van der Waals surface area (Å²) in [4.78, 5) is 0. The Morgan fingerprint density at radius 3 is 2.40 bits per heavy atom. The minimum Gasteiger partial charge on any atom is -0.384 e. The van der Waals surface area contributed by atoms with Gasteiger partial charge in [0.1, 0.15) is 11.9 Å². The van der Waals surface area contributed by atoms with E-state index < -0.39 is 0 Å². The highest BCUT2D eigenvalue weighted by molar-refractivity contribution is 5.57. The molecule has 3 nitrogen and oxygen atoms in total. The van der Waals surface area contributed by atoms with E-state index in [-0.39, 0.29) is 0 Å². The first-order chi connectivity index (χ1) is 6.99. The first-order valence-electron chi connectivity index (χ1n) is 5.34. The number of hydrogen-bond donors (Lipinski definition) is 1. The van der Waals surface area contributed by atoms with Crippen molar-refractivity contribution in [2.75, 3.05) is 5.73 Å². The predicted octanol–water partition coefficient (Wildman–Crippen LogP) is 2.60. The molecule has 0 radical (unpaired) electrons. The molecule has 0 bridgehead atoms. The van der Waals surface area contributed by atoms with Crippen LogP contribution in [0.1, 0.15) is 37.1 Å². The van der Waals surface area contributed by atoms with Crippen LogP contribution in [0.2, 0.25) is 0 Å². The molecule has 0 aromatic carbocycles. The summed E-state index contributed by atoms with van der Waals surface area (Å²) >= 11 is 0. The Morgan fingerprint density at radius 2 is 2.00 bits per heavy atom. The molecular weight excluding hydrogens is 186 g/mol. The van der Waals surface area contributed by atoms with Gasteiger partial charge in [-0.05, 0) is 31.7 Å². The quantitative estimate of drug-likeness (QED) is 0.824. The van der Waals surface area contributed by atoms with Crippen LogP contribution in [0.5, 0.6) is 0 Å². The van der Waals surface area contributed by atoms with E-state index in [4.69, 9.17) is 11.0 Å². The topological polar surface area (TPSA) is 54.7 Å². The fourth-order valence-corrected chi connectivity index (χ4v) is 1.71. The molecule has 1 aromatic heterocycles. The Labute approximate surface area is 91.5 Å². The molecule has 3 heteroatoms. The van der Waals surface area contributed by atoms with Gasteiger partial charge in [-0.25, -0.2) is 0 Å². The van der Waals surface area contributed by atoms with Crippen molar-refractivity contribution in [3.63, 3.8) is 0 Å². The standard InChI is InChI=1S/C12H19N3/c1-8(2)5-6-15-10(4)9(3)11(7-13)12(15)14/h8H,5-6,14H2,1-4H3. The zero-order valence-electron chi connectivity index (χ0n) is 9.96. The van der Waals surface area contributed by atoms with Gasteiger partial charge in [0, 0.05) is 12.2 Å². The maximum absolute atomic E-state index is 8.97. The van der Waals surface area contributed by atoms with Crippen LogP contribution in [0.3, 0.4) is 0 Å². The minimum atomic E-state index is 0.619. The van der Waals surface area contributed by atoms with Gasteiger partial charge in [-0.15, -0.1) is 0 Å². The van der Waals surface area contributed by atoms with Crippen LogP contribution in [0.15, 0.2) is 0 Å². The van der Waals surface area contributed by atoms with Gasteiger partial charge in [0.05, 0.1) is 5.56 Å². The minimum absolute atomic E-state index is 0.619. The summed E-state index contributed by atoms with van der Waals surface area (Å²) < 4.78 is 2.05. The van der Waals surface area contributed by atoms with Gasteiger partial charge in [-0.3, -0.25) is 0 Å². The number of aromatic nitrogens is 1. The first kappa shape index (κ1) is 11.6. The monoisotopic (exact) mass is 205 g/mol. The van der Waals surface area contributed by atoms with Crippen molar-refractivity contribution in [3.8, 4) is 6.07 Å². The number of nitrogens with two attached hydrogens (primary N) is 1. The van der Waals surface area contributed by atoms with Gasteiger partial charge in [-0.2, -0.15) is 5.26 Å². The van der Waals surface area contributed by atoms with Crippen LogP contribution in [-0.4, -0.2) is 4.57 Å². The van der Waals surface area contributed by atoms with Gasteiger partial charge >= 0.3 is 0 Å². The van der Waals surface area contributed by atoms with Gasteiger partial charge in [-0.1, -0.05) is 13.8 Å². The molecular formula is C12H19N3. The normalized spacial score (nSPS) is 10.7. The van der Waals surface area contributed by atoms with Crippen molar-refractivity contribution >= 4 is 5.82 Å². The van der Waals surface area contributed by atoms with Crippen molar-refractivity contribution < 1.29 is 0 Å². The zero-order valence-corrected chi connectivity index (χ0v) is 9.96. The molecule has 0 amide bonds. The average Bonchev–Trinajstić information content (AvgIpc) is 2.36. The van der Waals surface area contributed by atoms with Crippen molar-refractivity contribution in [2.24, 2.45) is 5.92 Å². The highest BCUT2D eigenvalue weighted by Crippen LogP contribution is 2.24. The molecule has 0 aliphatic carbocycles. The molecule has 0 unspecified atom stereocenters. The fourth-order valence-electron chi connectivity index (χ4n) is 1.71. The van der Waals surface area contributed by atoms with Crippen molar-refractivity contribution in [1.29, 1.82) is 5.26 Å². The lowest BCUT2D eigenvalue weighted by Gasteiger charge is -2.10. The van der Waals surface area contributed by atoms with Crippen molar-refractivity contribution in [1.82, 2.24) is 4.57 Å². The molecule has 0 atom stereocenters. The number of nitriles is 1. The molecule has 0 spiro atoms.